The number of piperidine rings is 1. The van der Waals surface area contributed by atoms with Crippen molar-refractivity contribution in [3.05, 3.63) is 54.0 Å². The third-order valence-electron chi connectivity index (χ3n) is 6.69. The lowest BCUT2D eigenvalue weighted by Crippen LogP contribution is -2.37. The summed E-state index contributed by atoms with van der Waals surface area (Å²) in [6.45, 7) is 2.07. The molecular formula is C26H25F6N9. The Hall–Kier alpha value is -4.14. The zero-order chi connectivity index (χ0) is 29.4. The van der Waals surface area contributed by atoms with Gasteiger partial charge in [0, 0.05) is 32.0 Å². The minimum absolute atomic E-state index is 0.00128. The van der Waals surface area contributed by atoms with Crippen molar-refractivity contribution in [2.45, 2.75) is 25.2 Å². The zero-order valence-corrected chi connectivity index (χ0v) is 22.0. The maximum Gasteiger partial charge on any atom is 0.418 e. The molecule has 0 amide bonds. The zero-order valence-electron chi connectivity index (χ0n) is 22.0. The molecule has 0 unspecified atom stereocenters. The van der Waals surface area contributed by atoms with Crippen molar-refractivity contribution in [3.63, 3.8) is 0 Å². The number of nitrogens with zero attached hydrogens (tertiary/aromatic N) is 8. The van der Waals surface area contributed by atoms with Gasteiger partial charge in [-0.2, -0.15) is 26.3 Å². The molecule has 41 heavy (non-hydrogen) atoms. The van der Waals surface area contributed by atoms with Crippen molar-refractivity contribution >= 4 is 28.5 Å². The fourth-order valence-electron chi connectivity index (χ4n) is 4.71. The molecule has 1 aliphatic rings. The van der Waals surface area contributed by atoms with Gasteiger partial charge in [0.2, 0.25) is 0 Å². The number of hydrogen-bond acceptors (Lipinski definition) is 9. The monoisotopic (exact) mass is 577 g/mol. The Kier molecular flexibility index (Phi) is 7.64. The number of aromatic nitrogens is 6. The third kappa shape index (κ3) is 6.45. The van der Waals surface area contributed by atoms with Gasteiger partial charge in [-0.05, 0) is 57.1 Å². The second kappa shape index (κ2) is 11.0. The van der Waals surface area contributed by atoms with Gasteiger partial charge in [0.1, 0.15) is 22.7 Å². The van der Waals surface area contributed by atoms with Gasteiger partial charge < -0.3 is 15.1 Å². The molecule has 1 N–H and O–H groups in total. The molecule has 0 atom stereocenters. The van der Waals surface area contributed by atoms with E-state index in [1.165, 1.54) is 12.3 Å². The Bertz CT molecular complexity index is 1520. The van der Waals surface area contributed by atoms with Crippen molar-refractivity contribution < 1.29 is 26.3 Å². The van der Waals surface area contributed by atoms with Gasteiger partial charge in [0.05, 0.1) is 23.0 Å². The molecule has 1 fully saturated rings. The standard InChI is InChI=1S/C26H25F6N9/c1-40(2)14-15-6-9-41(10-7-15)21-11-17(26(30,31)32)22(39-38-21)19-13-35-23-18(5-8-33-24(23)37-19)36-20-4-3-16(12-34-20)25(27,28)29/h3-5,8,11-13,15H,6-7,9-10,14H2,1-2H3,(H,33,34,36,37). The smallest absolute Gasteiger partial charge is 0.355 e. The van der Waals surface area contributed by atoms with Crippen LogP contribution in [0.3, 0.4) is 0 Å². The maximum absolute atomic E-state index is 14.2. The third-order valence-corrected chi connectivity index (χ3v) is 6.69. The fraction of sp³-hybridized carbons (Fsp3) is 0.385. The number of anilines is 3. The highest BCUT2D eigenvalue weighted by molar-refractivity contribution is 5.87. The maximum atomic E-state index is 14.2. The molecule has 0 bridgehead atoms. The lowest BCUT2D eigenvalue weighted by atomic mass is 9.96. The van der Waals surface area contributed by atoms with Gasteiger partial charge in [-0.1, -0.05) is 0 Å². The predicted molar refractivity (Wildman–Crippen MR) is 139 cm³/mol. The van der Waals surface area contributed by atoms with Crippen LogP contribution in [0.1, 0.15) is 24.0 Å². The SMILES string of the molecule is CN(C)CC1CCN(c2cc(C(F)(F)F)c(-c3cnc4c(Nc5ccc(C(F)(F)F)cn5)ccnc4n3)nn2)CC1. The Morgan fingerprint density at radius 2 is 1.68 bits per heavy atom. The van der Waals surface area contributed by atoms with E-state index in [0.717, 1.165) is 43.8 Å². The van der Waals surface area contributed by atoms with Crippen LogP contribution in [0.4, 0.5) is 43.7 Å². The van der Waals surface area contributed by atoms with E-state index in [4.69, 9.17) is 0 Å². The first-order valence-electron chi connectivity index (χ1n) is 12.7. The highest BCUT2D eigenvalue weighted by Crippen LogP contribution is 2.38. The van der Waals surface area contributed by atoms with Crippen LogP contribution in [0.25, 0.3) is 22.6 Å². The summed E-state index contributed by atoms with van der Waals surface area (Å²) >= 11 is 0. The average molecular weight is 578 g/mol. The Morgan fingerprint density at radius 1 is 0.927 bits per heavy atom. The normalized spacial score (nSPS) is 15.1. The highest BCUT2D eigenvalue weighted by Gasteiger charge is 2.37. The molecule has 0 aromatic carbocycles. The minimum Gasteiger partial charge on any atom is -0.355 e. The molecule has 1 aliphatic heterocycles. The van der Waals surface area contributed by atoms with Crippen molar-refractivity contribution in [2.24, 2.45) is 5.92 Å². The van der Waals surface area contributed by atoms with E-state index >= 15 is 0 Å². The molecule has 1 saturated heterocycles. The molecule has 0 aliphatic carbocycles. The van der Waals surface area contributed by atoms with E-state index in [9.17, 15) is 26.3 Å². The first-order chi connectivity index (χ1) is 19.4. The quantitative estimate of drug-likeness (QED) is 0.301. The summed E-state index contributed by atoms with van der Waals surface area (Å²) in [5, 5.41) is 10.8. The largest absolute Gasteiger partial charge is 0.418 e. The van der Waals surface area contributed by atoms with Crippen LogP contribution >= 0.6 is 0 Å². The fourth-order valence-corrected chi connectivity index (χ4v) is 4.71. The first-order valence-corrected chi connectivity index (χ1v) is 12.7. The van der Waals surface area contributed by atoms with Crippen LogP contribution in [0.15, 0.2) is 42.9 Å². The number of alkyl halides is 6. The second-order valence-electron chi connectivity index (χ2n) is 10.00. The van der Waals surface area contributed by atoms with E-state index in [0.29, 0.717) is 30.9 Å². The van der Waals surface area contributed by atoms with Gasteiger partial charge in [-0.25, -0.2) is 19.9 Å². The Morgan fingerprint density at radius 3 is 2.32 bits per heavy atom. The molecule has 0 radical (unpaired) electrons. The van der Waals surface area contributed by atoms with E-state index in [2.05, 4.69) is 40.3 Å². The van der Waals surface area contributed by atoms with Gasteiger partial charge in [0.15, 0.2) is 11.5 Å². The van der Waals surface area contributed by atoms with E-state index in [-0.39, 0.29) is 28.5 Å². The van der Waals surface area contributed by atoms with Gasteiger partial charge in [-0.3, -0.25) is 0 Å². The summed E-state index contributed by atoms with van der Waals surface area (Å²) in [6.07, 6.45) is -4.44. The molecule has 4 aromatic rings. The van der Waals surface area contributed by atoms with Crippen LogP contribution < -0.4 is 10.2 Å². The van der Waals surface area contributed by atoms with E-state index < -0.39 is 29.2 Å². The molecule has 15 heteroatoms. The predicted octanol–water partition coefficient (Wildman–Crippen LogP) is 5.44. The van der Waals surface area contributed by atoms with E-state index in [1.807, 2.05) is 14.1 Å². The number of rotatable bonds is 6. The van der Waals surface area contributed by atoms with Crippen molar-refractivity contribution in [2.75, 3.05) is 43.9 Å². The summed E-state index contributed by atoms with van der Waals surface area (Å²) in [4.78, 5) is 20.2. The van der Waals surface area contributed by atoms with Crippen molar-refractivity contribution in [3.8, 4) is 11.4 Å². The molecule has 0 saturated carbocycles. The summed E-state index contributed by atoms with van der Waals surface area (Å²) in [6, 6.07) is 4.50. The average Bonchev–Trinajstić information content (AvgIpc) is 2.92. The number of fused-ring (bicyclic) bond motifs is 1. The summed E-state index contributed by atoms with van der Waals surface area (Å²) in [5.41, 5.74) is -2.08. The molecule has 9 nitrogen and oxygen atoms in total. The molecule has 4 aromatic heterocycles. The van der Waals surface area contributed by atoms with Crippen LogP contribution in [0, 0.1) is 5.92 Å². The molecule has 5 heterocycles. The summed E-state index contributed by atoms with van der Waals surface area (Å²) in [7, 11) is 3.98. The van der Waals surface area contributed by atoms with Crippen molar-refractivity contribution in [1.29, 1.82) is 0 Å². The number of pyridine rings is 2. The molecular weight excluding hydrogens is 552 g/mol. The van der Waals surface area contributed by atoms with Crippen LogP contribution in [0.2, 0.25) is 0 Å². The van der Waals surface area contributed by atoms with Crippen LogP contribution in [-0.4, -0.2) is 68.8 Å². The van der Waals surface area contributed by atoms with Gasteiger partial charge >= 0.3 is 12.4 Å². The van der Waals surface area contributed by atoms with Crippen molar-refractivity contribution in [1.82, 2.24) is 35.0 Å². The van der Waals surface area contributed by atoms with E-state index in [1.54, 1.807) is 4.90 Å². The molecule has 5 rings (SSSR count). The van der Waals surface area contributed by atoms with Crippen LogP contribution in [-0.2, 0) is 12.4 Å². The van der Waals surface area contributed by atoms with Crippen LogP contribution in [0.5, 0.6) is 0 Å². The number of nitrogens with one attached hydrogen (secondary N) is 1. The summed E-state index contributed by atoms with van der Waals surface area (Å²) in [5.74, 6) is 0.708. The topological polar surface area (TPSA) is 95.8 Å². The Balaban J connectivity index is 1.42. The summed E-state index contributed by atoms with van der Waals surface area (Å²) < 4.78 is 81.0. The van der Waals surface area contributed by atoms with Gasteiger partial charge in [-0.15, -0.1) is 10.2 Å². The number of halogens is 6. The molecule has 0 spiro atoms. The Labute approximate surface area is 230 Å². The lowest BCUT2D eigenvalue weighted by Gasteiger charge is -2.34. The first kappa shape index (κ1) is 28.4. The second-order valence-corrected chi connectivity index (χ2v) is 10.00. The highest BCUT2D eigenvalue weighted by atomic mass is 19.4. The minimum atomic E-state index is -4.73. The van der Waals surface area contributed by atoms with Gasteiger partial charge in [0.25, 0.3) is 0 Å². The lowest BCUT2D eigenvalue weighted by molar-refractivity contribution is -0.138. The molecule has 216 valence electrons. The number of hydrogen-bond donors (Lipinski definition) is 1.